The van der Waals surface area contributed by atoms with Gasteiger partial charge in [-0.05, 0) is 25.0 Å². The van der Waals surface area contributed by atoms with Crippen LogP contribution in [0.3, 0.4) is 0 Å². The number of aliphatic hydroxyl groups excluding tert-OH is 1. The Bertz CT molecular complexity index is 720. The highest BCUT2D eigenvalue weighted by molar-refractivity contribution is 6.34. The third kappa shape index (κ3) is 1.80. The van der Waals surface area contributed by atoms with E-state index in [9.17, 15) is 14.8 Å². The zero-order valence-electron chi connectivity index (χ0n) is 10.5. The van der Waals surface area contributed by atoms with Gasteiger partial charge in [-0.25, -0.2) is 4.98 Å². The van der Waals surface area contributed by atoms with Crippen molar-refractivity contribution in [3.8, 4) is 17.3 Å². The summed E-state index contributed by atoms with van der Waals surface area (Å²) in [6, 6.07) is 5.19. The predicted octanol–water partition coefficient (Wildman–Crippen LogP) is 3.04. The molecule has 102 valence electrons. The lowest BCUT2D eigenvalue weighted by Gasteiger charge is -2.22. The molecule has 0 aromatic carbocycles. The van der Waals surface area contributed by atoms with Gasteiger partial charge in [0.15, 0.2) is 0 Å². The zero-order valence-corrected chi connectivity index (χ0v) is 11.2. The van der Waals surface area contributed by atoms with Crippen molar-refractivity contribution in [2.45, 2.75) is 25.5 Å². The Hall–Kier alpha value is -1.90. The normalized spacial score (nSPS) is 17.6. The van der Waals surface area contributed by atoms with Crippen molar-refractivity contribution in [3.05, 3.63) is 40.6 Å². The number of hydrogen-bond acceptors (Lipinski definition) is 3. The molecule has 1 unspecified atom stereocenters. The standard InChI is InChI=1S/C14H11ClFN3O/c15-11-9(7-17)12-10(20)4-2-6-19(12)13(11)8-3-1-5-18-14(8)16/h1,3,5,10,20H,2,4,6H2. The predicted molar refractivity (Wildman–Crippen MR) is 71.5 cm³/mol. The summed E-state index contributed by atoms with van der Waals surface area (Å²) >= 11 is 6.24. The number of aromatic nitrogens is 2. The number of pyridine rings is 1. The van der Waals surface area contributed by atoms with Crippen LogP contribution in [0.4, 0.5) is 4.39 Å². The number of nitriles is 1. The molecule has 1 aliphatic heterocycles. The first-order valence-electron chi connectivity index (χ1n) is 6.26. The fourth-order valence-corrected chi connectivity index (χ4v) is 3.04. The summed E-state index contributed by atoms with van der Waals surface area (Å²) in [6.45, 7) is 0.595. The van der Waals surface area contributed by atoms with E-state index >= 15 is 0 Å². The molecule has 1 aliphatic rings. The number of hydrogen-bond donors (Lipinski definition) is 1. The lowest BCUT2D eigenvalue weighted by atomic mass is 10.0. The van der Waals surface area contributed by atoms with E-state index in [4.69, 9.17) is 11.6 Å². The summed E-state index contributed by atoms with van der Waals surface area (Å²) in [6.07, 6.45) is 1.93. The van der Waals surface area contributed by atoms with Gasteiger partial charge in [-0.3, -0.25) is 0 Å². The molecule has 0 aliphatic carbocycles. The molecule has 1 atom stereocenters. The Morgan fingerprint density at radius 1 is 1.55 bits per heavy atom. The van der Waals surface area contributed by atoms with Crippen LogP contribution in [-0.4, -0.2) is 14.7 Å². The molecule has 6 heteroatoms. The zero-order chi connectivity index (χ0) is 14.3. The molecule has 0 fully saturated rings. The molecule has 0 saturated heterocycles. The monoisotopic (exact) mass is 291 g/mol. The van der Waals surface area contributed by atoms with E-state index < -0.39 is 12.1 Å². The van der Waals surface area contributed by atoms with Gasteiger partial charge in [0.1, 0.15) is 6.07 Å². The second kappa shape index (κ2) is 4.89. The SMILES string of the molecule is N#Cc1c(Cl)c(-c2cccnc2F)n2c1C(O)CCC2. The molecule has 3 heterocycles. The second-order valence-electron chi connectivity index (χ2n) is 4.69. The Morgan fingerprint density at radius 3 is 3.05 bits per heavy atom. The molecular weight excluding hydrogens is 281 g/mol. The number of rotatable bonds is 1. The van der Waals surface area contributed by atoms with Crippen LogP contribution in [0.15, 0.2) is 18.3 Å². The highest BCUT2D eigenvalue weighted by Gasteiger charge is 2.30. The van der Waals surface area contributed by atoms with Crippen LogP contribution >= 0.6 is 11.6 Å². The van der Waals surface area contributed by atoms with Crippen LogP contribution in [0.1, 0.15) is 30.2 Å². The van der Waals surface area contributed by atoms with Crippen molar-refractivity contribution >= 4 is 11.6 Å². The minimum absolute atomic E-state index is 0.176. The van der Waals surface area contributed by atoms with E-state index in [1.807, 2.05) is 6.07 Å². The van der Waals surface area contributed by atoms with E-state index in [2.05, 4.69) is 4.98 Å². The maximum Gasteiger partial charge on any atom is 0.222 e. The minimum atomic E-state index is -0.746. The summed E-state index contributed by atoms with van der Waals surface area (Å²) in [5.74, 6) is -0.640. The van der Waals surface area contributed by atoms with E-state index in [1.165, 1.54) is 6.20 Å². The number of aliphatic hydroxyl groups is 1. The summed E-state index contributed by atoms with van der Waals surface area (Å²) in [4.78, 5) is 3.62. The molecule has 2 aromatic rings. The first kappa shape index (κ1) is 13.1. The van der Waals surface area contributed by atoms with Gasteiger partial charge in [0.2, 0.25) is 5.95 Å². The average Bonchev–Trinajstić information content (AvgIpc) is 2.73. The first-order chi connectivity index (χ1) is 9.65. The van der Waals surface area contributed by atoms with Crippen molar-refractivity contribution in [2.75, 3.05) is 0 Å². The molecule has 0 saturated carbocycles. The van der Waals surface area contributed by atoms with Crippen LogP contribution in [0, 0.1) is 17.3 Å². The molecule has 20 heavy (non-hydrogen) atoms. The summed E-state index contributed by atoms with van der Waals surface area (Å²) in [7, 11) is 0. The fraction of sp³-hybridized carbons (Fsp3) is 0.286. The van der Waals surface area contributed by atoms with Gasteiger partial charge in [0.25, 0.3) is 0 Å². The highest BCUT2D eigenvalue weighted by atomic mass is 35.5. The Balaban J connectivity index is 2.33. The van der Waals surface area contributed by atoms with Crippen LogP contribution in [0.25, 0.3) is 11.3 Å². The Morgan fingerprint density at radius 2 is 2.35 bits per heavy atom. The average molecular weight is 292 g/mol. The van der Waals surface area contributed by atoms with Crippen molar-refractivity contribution < 1.29 is 9.50 Å². The van der Waals surface area contributed by atoms with E-state index in [-0.39, 0.29) is 16.1 Å². The van der Waals surface area contributed by atoms with Crippen molar-refractivity contribution in [2.24, 2.45) is 0 Å². The van der Waals surface area contributed by atoms with Gasteiger partial charge in [-0.15, -0.1) is 0 Å². The quantitative estimate of drug-likeness (QED) is 0.822. The third-order valence-electron chi connectivity index (χ3n) is 3.55. The van der Waals surface area contributed by atoms with Gasteiger partial charge in [-0.1, -0.05) is 11.6 Å². The Kier molecular flexibility index (Phi) is 3.20. The molecule has 0 radical (unpaired) electrons. The molecule has 0 bridgehead atoms. The minimum Gasteiger partial charge on any atom is -0.387 e. The molecular formula is C14H11ClFN3O. The lowest BCUT2D eigenvalue weighted by molar-refractivity contribution is 0.139. The van der Waals surface area contributed by atoms with Crippen molar-refractivity contribution in [1.29, 1.82) is 5.26 Å². The second-order valence-corrected chi connectivity index (χ2v) is 5.06. The number of fused-ring (bicyclic) bond motifs is 1. The van der Waals surface area contributed by atoms with E-state index in [1.54, 1.807) is 16.7 Å². The highest BCUT2D eigenvalue weighted by Crippen LogP contribution is 2.41. The van der Waals surface area contributed by atoms with E-state index in [0.717, 1.165) is 6.42 Å². The van der Waals surface area contributed by atoms with Crippen LogP contribution in [-0.2, 0) is 6.54 Å². The van der Waals surface area contributed by atoms with E-state index in [0.29, 0.717) is 24.4 Å². The smallest absolute Gasteiger partial charge is 0.222 e. The van der Waals surface area contributed by atoms with Crippen LogP contribution in [0.5, 0.6) is 0 Å². The maximum atomic E-state index is 13.9. The third-order valence-corrected chi connectivity index (χ3v) is 3.91. The van der Waals surface area contributed by atoms with Crippen molar-refractivity contribution in [1.82, 2.24) is 9.55 Å². The first-order valence-corrected chi connectivity index (χ1v) is 6.64. The molecule has 0 spiro atoms. The summed E-state index contributed by atoms with van der Waals surface area (Å²) in [5, 5.41) is 19.5. The molecule has 1 N–H and O–H groups in total. The largest absolute Gasteiger partial charge is 0.387 e. The molecule has 0 amide bonds. The summed E-state index contributed by atoms with van der Waals surface area (Å²) < 4.78 is 15.6. The van der Waals surface area contributed by atoms with Gasteiger partial charge in [0, 0.05) is 12.7 Å². The molecule has 3 rings (SSSR count). The van der Waals surface area contributed by atoms with Crippen LogP contribution in [0.2, 0.25) is 5.02 Å². The molecule has 2 aromatic heterocycles. The number of nitrogens with zero attached hydrogens (tertiary/aromatic N) is 3. The van der Waals surface area contributed by atoms with Gasteiger partial charge in [0.05, 0.1) is 33.6 Å². The van der Waals surface area contributed by atoms with Gasteiger partial charge >= 0.3 is 0 Å². The van der Waals surface area contributed by atoms with Gasteiger partial charge < -0.3 is 9.67 Å². The lowest BCUT2D eigenvalue weighted by Crippen LogP contribution is -2.16. The van der Waals surface area contributed by atoms with Crippen molar-refractivity contribution in [3.63, 3.8) is 0 Å². The van der Waals surface area contributed by atoms with Gasteiger partial charge in [-0.2, -0.15) is 9.65 Å². The Labute approximate surface area is 120 Å². The molecule has 4 nitrogen and oxygen atoms in total. The fourth-order valence-electron chi connectivity index (χ4n) is 2.70. The summed E-state index contributed by atoms with van der Waals surface area (Å²) in [5.41, 5.74) is 1.36. The topological polar surface area (TPSA) is 61.8 Å². The number of halogens is 2. The maximum absolute atomic E-state index is 13.9. The van der Waals surface area contributed by atoms with Crippen LogP contribution < -0.4 is 0 Å².